The molecule has 2 nitrogen and oxygen atoms in total. The van der Waals surface area contributed by atoms with Crippen molar-refractivity contribution < 1.29 is 9.53 Å². The van der Waals surface area contributed by atoms with Gasteiger partial charge in [-0.15, -0.1) is 0 Å². The van der Waals surface area contributed by atoms with Gasteiger partial charge >= 0.3 is 0 Å². The van der Waals surface area contributed by atoms with Crippen molar-refractivity contribution in [2.24, 2.45) is 0 Å². The van der Waals surface area contributed by atoms with E-state index >= 15 is 0 Å². The van der Waals surface area contributed by atoms with E-state index in [1.54, 1.807) is 6.92 Å². The minimum Gasteiger partial charge on any atom is -0.544 e. The molecule has 1 aromatic rings. The highest BCUT2D eigenvalue weighted by molar-refractivity contribution is 6.70. The zero-order chi connectivity index (χ0) is 11.5. The topological polar surface area (TPSA) is 29.5 Å². The Morgan fingerprint density at radius 2 is 1.73 bits per heavy atom. The second-order valence-electron chi connectivity index (χ2n) is 4.91. The van der Waals surface area contributed by atoms with E-state index in [-0.39, 0.29) is 6.10 Å². The van der Waals surface area contributed by atoms with Gasteiger partial charge in [-0.05, 0) is 50.7 Å². The molecule has 3 heteroatoms. The summed E-state index contributed by atoms with van der Waals surface area (Å²) in [5, 5.41) is 9.24. The van der Waals surface area contributed by atoms with Crippen LogP contribution in [0.2, 0.25) is 19.6 Å². The number of benzene rings is 1. The summed E-state index contributed by atoms with van der Waals surface area (Å²) in [6.45, 7) is 8.29. The molecule has 1 atom stereocenters. The van der Waals surface area contributed by atoms with E-state index < -0.39 is 8.32 Å². The highest BCUT2D eigenvalue weighted by Crippen LogP contribution is 2.17. The zero-order valence-corrected chi connectivity index (χ0v) is 10.9. The summed E-state index contributed by atoms with van der Waals surface area (Å²) in [6.07, 6.45) is 0.418. The molecule has 0 spiro atoms. The van der Waals surface area contributed by atoms with Crippen LogP contribution in [0.1, 0.15) is 12.5 Å². The van der Waals surface area contributed by atoms with Crippen LogP contribution in [0.5, 0.6) is 5.75 Å². The average Bonchev–Trinajstić information content (AvgIpc) is 2.05. The molecule has 0 radical (unpaired) electrons. The van der Waals surface area contributed by atoms with Crippen LogP contribution in [-0.4, -0.2) is 19.5 Å². The molecule has 1 unspecified atom stereocenters. The Morgan fingerprint density at radius 1 is 1.20 bits per heavy atom. The van der Waals surface area contributed by atoms with Crippen LogP contribution in [0, 0.1) is 0 Å². The Hall–Kier alpha value is -0.803. The molecule has 0 fully saturated rings. The van der Waals surface area contributed by atoms with Crippen molar-refractivity contribution in [2.45, 2.75) is 39.1 Å². The van der Waals surface area contributed by atoms with Gasteiger partial charge in [-0.3, -0.25) is 0 Å². The molecule has 0 aliphatic carbocycles. The van der Waals surface area contributed by atoms with E-state index in [1.165, 1.54) is 0 Å². The summed E-state index contributed by atoms with van der Waals surface area (Å²) in [5.41, 5.74) is 1.15. The van der Waals surface area contributed by atoms with Gasteiger partial charge in [0.15, 0.2) is 0 Å². The predicted molar refractivity (Wildman–Crippen MR) is 65.8 cm³/mol. The van der Waals surface area contributed by atoms with Crippen LogP contribution in [0.25, 0.3) is 0 Å². The molecule has 1 rings (SSSR count). The van der Waals surface area contributed by atoms with E-state index in [0.717, 1.165) is 11.3 Å². The third-order valence-corrected chi connectivity index (χ3v) is 2.73. The molecule has 0 aliphatic rings. The highest BCUT2D eigenvalue weighted by Gasteiger charge is 2.15. The van der Waals surface area contributed by atoms with Gasteiger partial charge in [-0.1, -0.05) is 12.1 Å². The third kappa shape index (κ3) is 5.00. The fourth-order valence-corrected chi connectivity index (χ4v) is 2.23. The predicted octanol–water partition coefficient (Wildman–Crippen LogP) is 2.82. The first-order chi connectivity index (χ1) is 6.87. The van der Waals surface area contributed by atoms with Crippen molar-refractivity contribution in [2.75, 3.05) is 0 Å². The van der Waals surface area contributed by atoms with Gasteiger partial charge < -0.3 is 9.53 Å². The van der Waals surface area contributed by atoms with Gasteiger partial charge in [-0.25, -0.2) is 0 Å². The molecule has 0 aromatic heterocycles. The maximum Gasteiger partial charge on any atom is 0.242 e. The Kier molecular flexibility index (Phi) is 3.94. The van der Waals surface area contributed by atoms with Crippen LogP contribution >= 0.6 is 0 Å². The SMILES string of the molecule is CC(O)Cc1ccc(O[Si](C)(C)C)cc1. The Balaban J connectivity index is 2.64. The van der Waals surface area contributed by atoms with E-state index in [0.29, 0.717) is 6.42 Å². The summed E-state index contributed by atoms with van der Waals surface area (Å²) in [4.78, 5) is 0. The largest absolute Gasteiger partial charge is 0.544 e. The lowest BCUT2D eigenvalue weighted by atomic mass is 10.1. The van der Waals surface area contributed by atoms with Crippen molar-refractivity contribution >= 4 is 8.32 Å². The van der Waals surface area contributed by atoms with Gasteiger partial charge in [0.2, 0.25) is 8.32 Å². The summed E-state index contributed by atoms with van der Waals surface area (Å²) in [6, 6.07) is 8.00. The lowest BCUT2D eigenvalue weighted by molar-refractivity contribution is 0.195. The molecule has 0 aliphatic heterocycles. The number of aliphatic hydroxyl groups excluding tert-OH is 1. The first kappa shape index (κ1) is 12.3. The smallest absolute Gasteiger partial charge is 0.242 e. The minimum absolute atomic E-state index is 0.284. The Morgan fingerprint density at radius 3 is 2.13 bits per heavy atom. The van der Waals surface area contributed by atoms with E-state index in [4.69, 9.17) is 4.43 Å². The number of hydrogen-bond acceptors (Lipinski definition) is 2. The van der Waals surface area contributed by atoms with Crippen molar-refractivity contribution in [1.29, 1.82) is 0 Å². The second kappa shape index (κ2) is 4.81. The van der Waals surface area contributed by atoms with Crippen LogP contribution < -0.4 is 4.43 Å². The monoisotopic (exact) mass is 224 g/mol. The summed E-state index contributed by atoms with van der Waals surface area (Å²) in [5.74, 6) is 0.934. The minimum atomic E-state index is -1.50. The summed E-state index contributed by atoms with van der Waals surface area (Å²) >= 11 is 0. The van der Waals surface area contributed by atoms with Crippen molar-refractivity contribution in [3.05, 3.63) is 29.8 Å². The first-order valence-corrected chi connectivity index (χ1v) is 8.74. The standard InChI is InChI=1S/C12H20O2Si/c1-10(13)9-11-5-7-12(8-6-11)14-15(2,3)4/h5-8,10,13H,9H2,1-4H3. The molecule has 0 amide bonds. The number of rotatable bonds is 4. The number of aliphatic hydroxyl groups is 1. The molecule has 1 aromatic carbocycles. The van der Waals surface area contributed by atoms with E-state index in [9.17, 15) is 5.11 Å². The molecule has 84 valence electrons. The van der Waals surface area contributed by atoms with Gasteiger partial charge in [-0.2, -0.15) is 0 Å². The maximum atomic E-state index is 9.24. The maximum absolute atomic E-state index is 9.24. The third-order valence-electron chi connectivity index (χ3n) is 1.88. The van der Waals surface area contributed by atoms with E-state index in [2.05, 4.69) is 19.6 Å². The van der Waals surface area contributed by atoms with E-state index in [1.807, 2.05) is 24.3 Å². The second-order valence-corrected chi connectivity index (χ2v) is 9.34. The molecular formula is C12H20O2Si. The molecular weight excluding hydrogens is 204 g/mol. The lowest BCUT2D eigenvalue weighted by Crippen LogP contribution is -2.29. The van der Waals surface area contributed by atoms with Gasteiger partial charge in [0.05, 0.1) is 6.10 Å². The van der Waals surface area contributed by atoms with Crippen molar-refractivity contribution in [3.63, 3.8) is 0 Å². The quantitative estimate of drug-likeness (QED) is 0.797. The average molecular weight is 224 g/mol. The lowest BCUT2D eigenvalue weighted by Gasteiger charge is -2.19. The Labute approximate surface area is 93.0 Å². The van der Waals surface area contributed by atoms with Crippen LogP contribution in [0.3, 0.4) is 0 Å². The molecule has 0 saturated carbocycles. The zero-order valence-electron chi connectivity index (χ0n) is 9.95. The van der Waals surface area contributed by atoms with Crippen LogP contribution in [0.15, 0.2) is 24.3 Å². The molecule has 0 bridgehead atoms. The van der Waals surface area contributed by atoms with Crippen molar-refractivity contribution in [3.8, 4) is 5.75 Å². The summed E-state index contributed by atoms with van der Waals surface area (Å²) < 4.78 is 5.84. The molecule has 15 heavy (non-hydrogen) atoms. The van der Waals surface area contributed by atoms with Gasteiger partial charge in [0.1, 0.15) is 5.75 Å². The fourth-order valence-electron chi connectivity index (χ4n) is 1.39. The Bertz CT molecular complexity index is 298. The normalized spacial score (nSPS) is 13.7. The molecule has 0 heterocycles. The summed E-state index contributed by atoms with van der Waals surface area (Å²) in [7, 11) is -1.50. The molecule has 0 saturated heterocycles. The number of hydrogen-bond donors (Lipinski definition) is 1. The van der Waals surface area contributed by atoms with Crippen molar-refractivity contribution in [1.82, 2.24) is 0 Å². The van der Waals surface area contributed by atoms with Crippen LogP contribution in [-0.2, 0) is 6.42 Å². The van der Waals surface area contributed by atoms with Gasteiger partial charge in [0.25, 0.3) is 0 Å². The molecule has 1 N–H and O–H groups in total. The van der Waals surface area contributed by atoms with Crippen LogP contribution in [0.4, 0.5) is 0 Å². The highest BCUT2D eigenvalue weighted by atomic mass is 28.4. The first-order valence-electron chi connectivity index (χ1n) is 5.33. The fraction of sp³-hybridized carbons (Fsp3) is 0.500. The van der Waals surface area contributed by atoms with Gasteiger partial charge in [0, 0.05) is 0 Å².